The molecule has 0 radical (unpaired) electrons. The predicted molar refractivity (Wildman–Crippen MR) is 110 cm³/mol. The first-order chi connectivity index (χ1) is 13.8. The lowest BCUT2D eigenvalue weighted by atomic mass is 9.96. The van der Waals surface area contributed by atoms with E-state index in [0.717, 1.165) is 24.2 Å². The normalized spacial score (nSPS) is 14.6. The summed E-state index contributed by atoms with van der Waals surface area (Å²) in [5, 5.41) is 7.01. The number of ether oxygens (including phenoxy) is 2. The number of amides is 2. The third-order valence-electron chi connectivity index (χ3n) is 4.58. The van der Waals surface area contributed by atoms with Crippen LogP contribution in [0.3, 0.4) is 0 Å². The Hall–Kier alpha value is -3.02. The molecule has 1 saturated carbocycles. The minimum atomic E-state index is -0.266. The third kappa shape index (κ3) is 6.61. The van der Waals surface area contributed by atoms with Crippen LogP contribution in [0.4, 0.5) is 4.79 Å². The average Bonchev–Trinajstić information content (AvgIpc) is 2.74. The molecule has 0 saturated heterocycles. The number of hydrogen-bond acceptors (Lipinski definition) is 4. The van der Waals surface area contributed by atoms with E-state index in [0.29, 0.717) is 19.0 Å². The number of urea groups is 1. The van der Waals surface area contributed by atoms with E-state index in [4.69, 9.17) is 9.47 Å². The Labute approximate surface area is 165 Å². The molecule has 2 amide bonds. The first-order valence-corrected chi connectivity index (χ1v) is 9.80. The molecule has 2 aromatic rings. The van der Waals surface area contributed by atoms with Crippen molar-refractivity contribution in [3.05, 3.63) is 60.2 Å². The van der Waals surface area contributed by atoms with Crippen LogP contribution < -0.4 is 20.2 Å². The minimum absolute atomic E-state index is 0.254. The second-order valence-corrected chi connectivity index (χ2v) is 6.73. The Morgan fingerprint density at radius 3 is 2.50 bits per heavy atom. The average molecular weight is 381 g/mol. The highest BCUT2D eigenvalue weighted by atomic mass is 16.5. The molecule has 1 aliphatic rings. The molecule has 0 unspecified atom stereocenters. The van der Waals surface area contributed by atoms with E-state index in [2.05, 4.69) is 15.8 Å². The number of hydrogen-bond donors (Lipinski definition) is 2. The molecule has 1 fully saturated rings. The van der Waals surface area contributed by atoms with Crippen LogP contribution >= 0.6 is 0 Å². The molecule has 0 spiro atoms. The largest absolute Gasteiger partial charge is 0.490 e. The highest BCUT2D eigenvalue weighted by molar-refractivity contribution is 5.84. The maximum Gasteiger partial charge on any atom is 0.335 e. The fourth-order valence-corrected chi connectivity index (χ4v) is 3.17. The van der Waals surface area contributed by atoms with E-state index in [9.17, 15) is 4.79 Å². The van der Waals surface area contributed by atoms with Gasteiger partial charge in [0.2, 0.25) is 0 Å². The molecule has 6 heteroatoms. The smallest absolute Gasteiger partial charge is 0.335 e. The lowest BCUT2D eigenvalue weighted by Gasteiger charge is -2.22. The highest BCUT2D eigenvalue weighted by Gasteiger charge is 2.15. The van der Waals surface area contributed by atoms with Gasteiger partial charge in [-0.1, -0.05) is 49.6 Å². The standard InChI is InChI=1S/C22H27N3O3/c26-22(24-19-10-3-1-4-11-19)25-23-17-18-9-7-8-14-21(18)28-16-15-27-20-12-5-2-6-13-20/h2,5-9,12-14,17,19H,1,3-4,10-11,15-16H2,(H2,24,25,26). The summed E-state index contributed by atoms with van der Waals surface area (Å²) in [6, 6.07) is 17.2. The SMILES string of the molecule is O=C(NN=Cc1ccccc1OCCOc1ccccc1)NC1CCCCC1. The predicted octanol–water partition coefficient (Wildman–Crippen LogP) is 4.11. The van der Waals surface area contributed by atoms with Gasteiger partial charge in [-0.3, -0.25) is 0 Å². The Morgan fingerprint density at radius 1 is 0.964 bits per heavy atom. The second-order valence-electron chi connectivity index (χ2n) is 6.73. The van der Waals surface area contributed by atoms with E-state index >= 15 is 0 Å². The summed E-state index contributed by atoms with van der Waals surface area (Å²) >= 11 is 0. The van der Waals surface area contributed by atoms with Gasteiger partial charge in [0.1, 0.15) is 24.7 Å². The van der Waals surface area contributed by atoms with Crippen LogP contribution in [0.2, 0.25) is 0 Å². The van der Waals surface area contributed by atoms with Gasteiger partial charge in [-0.05, 0) is 37.1 Å². The maximum atomic E-state index is 11.9. The first kappa shape index (κ1) is 19.7. The van der Waals surface area contributed by atoms with Crippen LogP contribution in [0, 0.1) is 0 Å². The molecule has 2 aromatic carbocycles. The Balaban J connectivity index is 1.43. The number of para-hydroxylation sites is 2. The van der Waals surface area contributed by atoms with E-state index in [1.165, 1.54) is 19.3 Å². The molecule has 1 aliphatic carbocycles. The number of carbonyl (C=O) groups is 1. The third-order valence-corrected chi connectivity index (χ3v) is 4.58. The van der Waals surface area contributed by atoms with Gasteiger partial charge in [0.25, 0.3) is 0 Å². The van der Waals surface area contributed by atoms with E-state index in [-0.39, 0.29) is 12.1 Å². The number of carbonyl (C=O) groups excluding carboxylic acids is 1. The molecule has 0 aliphatic heterocycles. The molecule has 0 aromatic heterocycles. The number of benzene rings is 2. The zero-order valence-corrected chi connectivity index (χ0v) is 16.0. The van der Waals surface area contributed by atoms with Crippen molar-refractivity contribution in [2.24, 2.45) is 5.10 Å². The van der Waals surface area contributed by atoms with Crippen LogP contribution in [-0.4, -0.2) is 31.5 Å². The van der Waals surface area contributed by atoms with Gasteiger partial charge >= 0.3 is 6.03 Å². The summed E-state index contributed by atoms with van der Waals surface area (Å²) in [6.45, 7) is 0.854. The fraction of sp³-hybridized carbons (Fsp3) is 0.364. The summed E-state index contributed by atoms with van der Waals surface area (Å²) in [4.78, 5) is 11.9. The topological polar surface area (TPSA) is 72.0 Å². The molecule has 6 nitrogen and oxygen atoms in total. The second kappa shape index (κ2) is 11.0. The summed E-state index contributed by atoms with van der Waals surface area (Å²) in [5.41, 5.74) is 3.33. The van der Waals surface area contributed by atoms with Crippen LogP contribution in [0.15, 0.2) is 59.7 Å². The van der Waals surface area contributed by atoms with Crippen molar-refractivity contribution < 1.29 is 14.3 Å². The number of nitrogens with zero attached hydrogens (tertiary/aromatic N) is 1. The monoisotopic (exact) mass is 381 g/mol. The van der Waals surface area contributed by atoms with Gasteiger partial charge in [0, 0.05) is 11.6 Å². The molecule has 28 heavy (non-hydrogen) atoms. The van der Waals surface area contributed by atoms with Crippen LogP contribution in [0.5, 0.6) is 11.5 Å². The van der Waals surface area contributed by atoms with E-state index in [1.54, 1.807) is 6.21 Å². The van der Waals surface area contributed by atoms with Crippen LogP contribution in [-0.2, 0) is 0 Å². The van der Waals surface area contributed by atoms with Crippen molar-refractivity contribution in [1.29, 1.82) is 0 Å². The molecular formula is C22H27N3O3. The number of rotatable bonds is 8. The first-order valence-electron chi connectivity index (χ1n) is 9.80. The zero-order valence-electron chi connectivity index (χ0n) is 16.0. The van der Waals surface area contributed by atoms with Crippen molar-refractivity contribution in [3.63, 3.8) is 0 Å². The van der Waals surface area contributed by atoms with Gasteiger partial charge in [-0.15, -0.1) is 0 Å². The maximum absolute atomic E-state index is 11.9. The van der Waals surface area contributed by atoms with Gasteiger partial charge in [-0.2, -0.15) is 5.10 Å². The summed E-state index contributed by atoms with van der Waals surface area (Å²) < 4.78 is 11.4. The minimum Gasteiger partial charge on any atom is -0.490 e. The van der Waals surface area contributed by atoms with Crippen LogP contribution in [0.25, 0.3) is 0 Å². The fourth-order valence-electron chi connectivity index (χ4n) is 3.17. The van der Waals surface area contributed by atoms with Gasteiger partial charge < -0.3 is 14.8 Å². The van der Waals surface area contributed by atoms with E-state index in [1.807, 2.05) is 54.6 Å². The van der Waals surface area contributed by atoms with Gasteiger partial charge in [0.15, 0.2) is 0 Å². The van der Waals surface area contributed by atoms with Crippen molar-refractivity contribution in [3.8, 4) is 11.5 Å². The Morgan fingerprint density at radius 2 is 1.68 bits per heavy atom. The van der Waals surface area contributed by atoms with Gasteiger partial charge in [-0.25, -0.2) is 10.2 Å². The van der Waals surface area contributed by atoms with E-state index < -0.39 is 0 Å². The van der Waals surface area contributed by atoms with Crippen molar-refractivity contribution in [1.82, 2.24) is 10.7 Å². The zero-order chi connectivity index (χ0) is 19.4. The number of nitrogens with one attached hydrogen (secondary N) is 2. The Bertz CT molecular complexity index is 759. The summed E-state index contributed by atoms with van der Waals surface area (Å²) in [5.74, 6) is 1.51. The molecule has 0 heterocycles. The van der Waals surface area contributed by atoms with Crippen molar-refractivity contribution in [2.45, 2.75) is 38.1 Å². The number of hydrazone groups is 1. The molecule has 2 N–H and O–H groups in total. The molecule has 148 valence electrons. The molecule has 3 rings (SSSR count). The summed E-state index contributed by atoms with van der Waals surface area (Å²) in [7, 11) is 0. The molecule has 0 bridgehead atoms. The molecule has 0 atom stereocenters. The van der Waals surface area contributed by atoms with Crippen LogP contribution in [0.1, 0.15) is 37.7 Å². The lowest BCUT2D eigenvalue weighted by Crippen LogP contribution is -2.41. The lowest BCUT2D eigenvalue weighted by molar-refractivity contribution is 0.217. The molecular weight excluding hydrogens is 354 g/mol. The van der Waals surface area contributed by atoms with Crippen molar-refractivity contribution >= 4 is 12.2 Å². The Kier molecular flexibility index (Phi) is 7.73. The quantitative estimate of drug-likeness (QED) is 0.411. The summed E-state index contributed by atoms with van der Waals surface area (Å²) in [6.07, 6.45) is 7.27. The van der Waals surface area contributed by atoms with Gasteiger partial charge in [0.05, 0.1) is 6.21 Å². The van der Waals surface area contributed by atoms with Crippen molar-refractivity contribution in [2.75, 3.05) is 13.2 Å². The highest BCUT2D eigenvalue weighted by Crippen LogP contribution is 2.17.